The molecule has 25 heavy (non-hydrogen) atoms. The van der Waals surface area contributed by atoms with Crippen molar-refractivity contribution in [2.24, 2.45) is 5.92 Å². The smallest absolute Gasteiger partial charge is 0.271 e. The van der Waals surface area contributed by atoms with Gasteiger partial charge in [-0.3, -0.25) is 24.6 Å². The number of ether oxygens (including phenoxy) is 2. The summed E-state index contributed by atoms with van der Waals surface area (Å²) in [6, 6.07) is 4.00. The molecule has 0 radical (unpaired) electrons. The van der Waals surface area contributed by atoms with E-state index in [9.17, 15) is 19.7 Å². The highest BCUT2D eigenvalue weighted by atomic mass is 16.6. The van der Waals surface area contributed by atoms with Gasteiger partial charge in [-0.1, -0.05) is 13.8 Å². The topological polar surface area (TPSA) is 111 Å². The molecule has 1 aliphatic rings. The van der Waals surface area contributed by atoms with E-state index in [2.05, 4.69) is 5.32 Å². The largest absolute Gasteiger partial charge is 0.478 e. The second kappa shape index (κ2) is 7.93. The molecule has 0 aromatic heterocycles. The molecule has 2 rings (SSSR count). The van der Waals surface area contributed by atoms with Crippen LogP contribution in [0.5, 0.6) is 5.75 Å². The number of carbonyl (C=O) groups is 2. The fourth-order valence-corrected chi connectivity index (χ4v) is 2.47. The number of benzene rings is 1. The first-order chi connectivity index (χ1) is 11.8. The maximum absolute atomic E-state index is 12.7. The average Bonchev–Trinajstić information content (AvgIpc) is 2.56. The lowest BCUT2D eigenvalue weighted by atomic mass is 10.0. The molecule has 1 aromatic carbocycles. The van der Waals surface area contributed by atoms with Crippen LogP contribution in [0.15, 0.2) is 18.2 Å². The molecule has 1 aromatic rings. The molecule has 1 unspecified atom stereocenters. The Hall–Kier alpha value is -2.68. The van der Waals surface area contributed by atoms with Crippen LogP contribution in [0.1, 0.15) is 13.8 Å². The van der Waals surface area contributed by atoms with Gasteiger partial charge >= 0.3 is 0 Å². The zero-order chi connectivity index (χ0) is 18.6. The van der Waals surface area contributed by atoms with E-state index >= 15 is 0 Å². The number of nitro benzene ring substituents is 1. The van der Waals surface area contributed by atoms with Crippen molar-refractivity contribution in [1.82, 2.24) is 5.32 Å². The van der Waals surface area contributed by atoms with Crippen molar-refractivity contribution < 1.29 is 24.0 Å². The fraction of sp³-hybridized carbons (Fsp3) is 0.500. The Labute approximate surface area is 145 Å². The Bertz CT molecular complexity index is 676. The van der Waals surface area contributed by atoms with E-state index in [1.54, 1.807) is 0 Å². The maximum Gasteiger partial charge on any atom is 0.271 e. The van der Waals surface area contributed by atoms with E-state index in [4.69, 9.17) is 9.47 Å². The Kier molecular flexibility index (Phi) is 5.92. The lowest BCUT2D eigenvalue weighted by Gasteiger charge is -2.35. The molecule has 1 heterocycles. The number of nitrogens with zero attached hydrogens (tertiary/aromatic N) is 2. The normalized spacial score (nSPS) is 16.4. The van der Waals surface area contributed by atoms with E-state index < -0.39 is 16.9 Å². The van der Waals surface area contributed by atoms with E-state index in [1.807, 2.05) is 13.8 Å². The molecule has 2 amide bonds. The van der Waals surface area contributed by atoms with Crippen LogP contribution in [0.4, 0.5) is 11.4 Å². The molecule has 9 nitrogen and oxygen atoms in total. The Morgan fingerprint density at radius 3 is 2.80 bits per heavy atom. The van der Waals surface area contributed by atoms with Crippen molar-refractivity contribution in [3.8, 4) is 5.75 Å². The molecule has 0 saturated heterocycles. The summed E-state index contributed by atoms with van der Waals surface area (Å²) in [5.74, 6) is -0.555. The molecule has 136 valence electrons. The summed E-state index contributed by atoms with van der Waals surface area (Å²) < 4.78 is 10.5. The Morgan fingerprint density at radius 1 is 1.48 bits per heavy atom. The van der Waals surface area contributed by atoms with E-state index in [0.717, 1.165) is 0 Å². The summed E-state index contributed by atoms with van der Waals surface area (Å²) in [7, 11) is 1.51. The van der Waals surface area contributed by atoms with Crippen molar-refractivity contribution >= 4 is 23.2 Å². The van der Waals surface area contributed by atoms with Gasteiger partial charge in [0.05, 0.1) is 17.2 Å². The molecule has 9 heteroatoms. The third-order valence-corrected chi connectivity index (χ3v) is 3.74. The van der Waals surface area contributed by atoms with Crippen LogP contribution in [-0.4, -0.2) is 49.6 Å². The van der Waals surface area contributed by atoms with Gasteiger partial charge in [0.15, 0.2) is 6.10 Å². The number of anilines is 1. The number of fused-ring (bicyclic) bond motifs is 1. The van der Waals surface area contributed by atoms with Crippen molar-refractivity contribution in [2.45, 2.75) is 20.0 Å². The highest BCUT2D eigenvalue weighted by Crippen LogP contribution is 2.38. The first-order valence-electron chi connectivity index (χ1n) is 7.87. The maximum atomic E-state index is 12.7. The number of amides is 2. The van der Waals surface area contributed by atoms with Crippen LogP contribution in [0.2, 0.25) is 0 Å². The zero-order valence-corrected chi connectivity index (χ0v) is 14.4. The molecule has 0 aliphatic carbocycles. The van der Waals surface area contributed by atoms with Crippen molar-refractivity contribution in [3.05, 3.63) is 28.3 Å². The summed E-state index contributed by atoms with van der Waals surface area (Å²) in [6.07, 6.45) is -0.749. The second-order valence-electron chi connectivity index (χ2n) is 5.96. The average molecular weight is 351 g/mol. The van der Waals surface area contributed by atoms with Gasteiger partial charge in [0, 0.05) is 25.8 Å². The van der Waals surface area contributed by atoms with Gasteiger partial charge < -0.3 is 14.8 Å². The van der Waals surface area contributed by atoms with Crippen molar-refractivity contribution in [1.29, 1.82) is 0 Å². The highest BCUT2D eigenvalue weighted by molar-refractivity contribution is 6.04. The summed E-state index contributed by atoms with van der Waals surface area (Å²) >= 11 is 0. The van der Waals surface area contributed by atoms with Gasteiger partial charge in [0.2, 0.25) is 5.91 Å². The minimum atomic E-state index is -0.749. The predicted molar refractivity (Wildman–Crippen MR) is 89.6 cm³/mol. The molecule has 1 N–H and O–H groups in total. The number of non-ortho nitro benzene ring substituents is 1. The number of nitro groups is 1. The summed E-state index contributed by atoms with van der Waals surface area (Å²) in [5, 5.41) is 13.6. The number of hydrogen-bond donors (Lipinski definition) is 1. The van der Waals surface area contributed by atoms with E-state index in [-0.39, 0.29) is 29.7 Å². The number of nitrogens with one attached hydrogen (secondary N) is 1. The molecule has 1 atom stereocenters. The van der Waals surface area contributed by atoms with E-state index in [0.29, 0.717) is 18.9 Å². The van der Waals surface area contributed by atoms with Gasteiger partial charge in [0.1, 0.15) is 12.3 Å². The second-order valence-corrected chi connectivity index (χ2v) is 5.96. The molecule has 0 saturated carbocycles. The minimum absolute atomic E-state index is 0.116. The van der Waals surface area contributed by atoms with Crippen molar-refractivity contribution in [2.75, 3.05) is 31.7 Å². The first-order valence-corrected chi connectivity index (χ1v) is 7.87. The lowest BCUT2D eigenvalue weighted by Crippen LogP contribution is -2.51. The fourth-order valence-electron chi connectivity index (χ4n) is 2.47. The lowest BCUT2D eigenvalue weighted by molar-refractivity contribution is -0.384. The van der Waals surface area contributed by atoms with Gasteiger partial charge in [-0.05, 0) is 12.0 Å². The molecule has 0 fully saturated rings. The molecular weight excluding hydrogens is 330 g/mol. The van der Waals surface area contributed by atoms with Gasteiger partial charge in [-0.2, -0.15) is 0 Å². The van der Waals surface area contributed by atoms with Crippen molar-refractivity contribution in [3.63, 3.8) is 0 Å². The Morgan fingerprint density at radius 2 is 2.20 bits per heavy atom. The monoisotopic (exact) mass is 351 g/mol. The minimum Gasteiger partial charge on any atom is -0.478 e. The molecule has 1 aliphatic heterocycles. The first kappa shape index (κ1) is 18.7. The summed E-state index contributed by atoms with van der Waals surface area (Å²) in [6.45, 7) is 4.07. The number of rotatable bonds is 7. The van der Waals surface area contributed by atoms with Crippen LogP contribution in [0.3, 0.4) is 0 Å². The van der Waals surface area contributed by atoms with Crippen LogP contribution in [0.25, 0.3) is 0 Å². The SMILES string of the molecule is COCCNC(=O)CN1C(=O)C(C(C)C)Oc2ccc([N+](=O)[O-])cc21. The summed E-state index contributed by atoms with van der Waals surface area (Å²) in [4.78, 5) is 36.5. The summed E-state index contributed by atoms with van der Waals surface area (Å²) in [5.41, 5.74) is 0.0425. The van der Waals surface area contributed by atoms with Gasteiger partial charge in [-0.25, -0.2) is 0 Å². The van der Waals surface area contributed by atoms with E-state index in [1.165, 1.54) is 30.2 Å². The quantitative estimate of drug-likeness (QED) is 0.447. The number of methoxy groups -OCH3 is 1. The van der Waals surface area contributed by atoms with Crippen LogP contribution in [0, 0.1) is 16.0 Å². The van der Waals surface area contributed by atoms with Crippen LogP contribution < -0.4 is 15.0 Å². The van der Waals surface area contributed by atoms with Crippen LogP contribution >= 0.6 is 0 Å². The van der Waals surface area contributed by atoms with Crippen LogP contribution in [-0.2, 0) is 14.3 Å². The molecular formula is C16H21N3O6. The van der Waals surface area contributed by atoms with Gasteiger partial charge in [-0.15, -0.1) is 0 Å². The van der Waals surface area contributed by atoms with Gasteiger partial charge in [0.25, 0.3) is 11.6 Å². The third-order valence-electron chi connectivity index (χ3n) is 3.74. The standard InChI is InChI=1S/C16H21N3O6/c1-10(2)15-16(21)18(9-14(20)17-6-7-24-3)12-8-11(19(22)23)4-5-13(12)25-15/h4-5,8,10,15H,6-7,9H2,1-3H3,(H,17,20). The highest BCUT2D eigenvalue weighted by Gasteiger charge is 2.38. The Balaban J connectivity index is 2.31. The third kappa shape index (κ3) is 4.24. The number of carbonyl (C=O) groups excluding carboxylic acids is 2. The predicted octanol–water partition coefficient (Wildman–Crippen LogP) is 1.11. The number of hydrogen-bond acceptors (Lipinski definition) is 6. The molecule has 0 spiro atoms. The molecule has 0 bridgehead atoms. The zero-order valence-electron chi connectivity index (χ0n) is 14.4.